The minimum absolute atomic E-state index is 0.314. The van der Waals surface area contributed by atoms with E-state index in [1.807, 2.05) is 12.1 Å². The summed E-state index contributed by atoms with van der Waals surface area (Å²) >= 11 is 1.36. The molecule has 1 heterocycles. The Balaban J connectivity index is 1.86. The van der Waals surface area contributed by atoms with Crippen LogP contribution in [0.5, 0.6) is 11.5 Å². The molecule has 0 atom stereocenters. The zero-order chi connectivity index (χ0) is 19.4. The number of amides is 1. The first kappa shape index (κ1) is 18.7. The van der Waals surface area contributed by atoms with Gasteiger partial charge in [-0.25, -0.2) is 4.79 Å². The van der Waals surface area contributed by atoms with E-state index >= 15 is 0 Å². The van der Waals surface area contributed by atoms with Crippen LogP contribution in [0.1, 0.15) is 27.0 Å². The lowest BCUT2D eigenvalue weighted by atomic mass is 10.1. The number of ether oxygens (including phenoxy) is 3. The highest BCUT2D eigenvalue weighted by atomic mass is 32.1. The van der Waals surface area contributed by atoms with E-state index in [9.17, 15) is 9.59 Å². The number of rotatable bonds is 6. The van der Waals surface area contributed by atoms with Crippen molar-refractivity contribution in [3.63, 3.8) is 0 Å². The van der Waals surface area contributed by atoms with Crippen LogP contribution in [0.15, 0.2) is 42.5 Å². The fraction of sp³-hybridized carbons (Fsp3) is 0.200. The minimum Gasteiger partial charge on any atom is -0.497 e. The van der Waals surface area contributed by atoms with Crippen LogP contribution in [0, 0.1) is 0 Å². The van der Waals surface area contributed by atoms with Crippen LogP contribution in [0.3, 0.4) is 0 Å². The monoisotopic (exact) mass is 385 g/mol. The molecule has 1 amide bonds. The summed E-state index contributed by atoms with van der Waals surface area (Å²) in [6.07, 6.45) is 0. The Bertz CT molecular complexity index is 995. The predicted octanol–water partition coefficient (Wildman–Crippen LogP) is 4.35. The highest BCUT2D eigenvalue weighted by molar-refractivity contribution is 7.20. The fourth-order valence-electron chi connectivity index (χ4n) is 2.61. The molecule has 0 fully saturated rings. The van der Waals surface area contributed by atoms with Gasteiger partial charge < -0.3 is 19.5 Å². The smallest absolute Gasteiger partial charge is 0.348 e. The number of thiophene rings is 1. The molecule has 2 aromatic carbocycles. The summed E-state index contributed by atoms with van der Waals surface area (Å²) in [5, 5.41) is 3.71. The number of methoxy groups -OCH3 is 2. The molecule has 0 aliphatic rings. The summed E-state index contributed by atoms with van der Waals surface area (Å²) in [6, 6.07) is 12.3. The standard InChI is InChI=1S/C20H19NO5S/c1-4-26-20(23)18-10-12-9-13(5-8-17(12)27-18)21-19(22)15-11-14(24-2)6-7-16(15)25-3/h5-11H,4H2,1-3H3,(H,21,22). The molecule has 3 rings (SSSR count). The van der Waals surface area contributed by atoms with Gasteiger partial charge in [0.25, 0.3) is 5.91 Å². The molecule has 0 radical (unpaired) electrons. The van der Waals surface area contributed by atoms with Gasteiger partial charge in [-0.3, -0.25) is 4.79 Å². The molecule has 140 valence electrons. The van der Waals surface area contributed by atoms with Crippen LogP contribution in [0.2, 0.25) is 0 Å². The largest absolute Gasteiger partial charge is 0.497 e. The Morgan fingerprint density at radius 3 is 2.56 bits per heavy atom. The number of nitrogens with one attached hydrogen (secondary N) is 1. The third kappa shape index (κ3) is 4.03. The van der Waals surface area contributed by atoms with Crippen molar-refractivity contribution < 1.29 is 23.8 Å². The second-order valence-electron chi connectivity index (χ2n) is 5.60. The normalized spacial score (nSPS) is 10.5. The maximum atomic E-state index is 12.7. The summed E-state index contributed by atoms with van der Waals surface area (Å²) in [4.78, 5) is 25.1. The average molecular weight is 385 g/mol. The highest BCUT2D eigenvalue weighted by Crippen LogP contribution is 2.30. The first-order valence-corrected chi connectivity index (χ1v) is 9.11. The maximum absolute atomic E-state index is 12.7. The molecule has 0 saturated heterocycles. The molecule has 0 spiro atoms. The molecule has 0 bridgehead atoms. The van der Waals surface area contributed by atoms with Gasteiger partial charge in [-0.1, -0.05) is 0 Å². The molecule has 1 N–H and O–H groups in total. The molecular weight excluding hydrogens is 366 g/mol. The van der Waals surface area contributed by atoms with Crippen molar-refractivity contribution in [1.82, 2.24) is 0 Å². The summed E-state index contributed by atoms with van der Waals surface area (Å²) < 4.78 is 16.4. The van der Waals surface area contributed by atoms with E-state index in [-0.39, 0.29) is 11.9 Å². The van der Waals surface area contributed by atoms with Gasteiger partial charge in [0.1, 0.15) is 16.4 Å². The highest BCUT2D eigenvalue weighted by Gasteiger charge is 2.15. The number of hydrogen-bond acceptors (Lipinski definition) is 6. The van der Waals surface area contributed by atoms with Crippen LogP contribution in [-0.4, -0.2) is 32.7 Å². The molecular formula is C20H19NO5S. The number of esters is 1. The average Bonchev–Trinajstić information content (AvgIpc) is 3.11. The summed E-state index contributed by atoms with van der Waals surface area (Å²) in [7, 11) is 3.04. The minimum atomic E-state index is -0.342. The van der Waals surface area contributed by atoms with Crippen LogP contribution in [0.4, 0.5) is 5.69 Å². The van der Waals surface area contributed by atoms with Gasteiger partial charge in [0, 0.05) is 10.4 Å². The zero-order valence-electron chi connectivity index (χ0n) is 15.2. The molecule has 3 aromatic rings. The van der Waals surface area contributed by atoms with E-state index in [0.717, 1.165) is 10.1 Å². The van der Waals surface area contributed by atoms with Crippen molar-refractivity contribution in [1.29, 1.82) is 0 Å². The maximum Gasteiger partial charge on any atom is 0.348 e. The first-order valence-electron chi connectivity index (χ1n) is 8.29. The summed E-state index contributed by atoms with van der Waals surface area (Å²) in [5.74, 6) is 0.360. The second kappa shape index (κ2) is 8.09. The lowest BCUT2D eigenvalue weighted by Crippen LogP contribution is -2.13. The Labute approximate surface area is 160 Å². The van der Waals surface area contributed by atoms with Gasteiger partial charge in [0.05, 0.1) is 26.4 Å². The number of benzene rings is 2. The molecule has 0 unspecified atom stereocenters. The van der Waals surface area contributed by atoms with E-state index < -0.39 is 0 Å². The number of carbonyl (C=O) groups is 2. The Morgan fingerprint density at radius 2 is 1.85 bits per heavy atom. The van der Waals surface area contributed by atoms with E-state index in [1.54, 1.807) is 37.3 Å². The van der Waals surface area contributed by atoms with Crippen molar-refractivity contribution in [3.05, 3.63) is 52.9 Å². The van der Waals surface area contributed by atoms with Crippen LogP contribution in [-0.2, 0) is 4.74 Å². The summed E-state index contributed by atoms with van der Waals surface area (Å²) in [5.41, 5.74) is 0.986. The molecule has 0 aliphatic carbocycles. The van der Waals surface area contributed by atoms with Gasteiger partial charge in [0.15, 0.2) is 0 Å². The van der Waals surface area contributed by atoms with Crippen molar-refractivity contribution in [3.8, 4) is 11.5 Å². The van der Waals surface area contributed by atoms with Crippen molar-refractivity contribution in [2.75, 3.05) is 26.1 Å². The third-order valence-corrected chi connectivity index (χ3v) is 5.00. The second-order valence-corrected chi connectivity index (χ2v) is 6.69. The fourth-order valence-corrected chi connectivity index (χ4v) is 3.55. The van der Waals surface area contributed by atoms with Gasteiger partial charge >= 0.3 is 5.97 Å². The van der Waals surface area contributed by atoms with Gasteiger partial charge in [-0.05, 0) is 54.8 Å². The van der Waals surface area contributed by atoms with E-state index in [0.29, 0.717) is 34.2 Å². The molecule has 0 saturated carbocycles. The van der Waals surface area contributed by atoms with Gasteiger partial charge in [0.2, 0.25) is 0 Å². The third-order valence-electron chi connectivity index (χ3n) is 3.90. The van der Waals surface area contributed by atoms with Crippen molar-refractivity contribution in [2.24, 2.45) is 0 Å². The van der Waals surface area contributed by atoms with Crippen LogP contribution >= 0.6 is 11.3 Å². The molecule has 6 nitrogen and oxygen atoms in total. The lowest BCUT2D eigenvalue weighted by Gasteiger charge is -2.11. The zero-order valence-corrected chi connectivity index (χ0v) is 16.0. The predicted molar refractivity (Wildman–Crippen MR) is 105 cm³/mol. The lowest BCUT2D eigenvalue weighted by molar-refractivity contribution is 0.0532. The molecule has 1 aromatic heterocycles. The van der Waals surface area contributed by atoms with Crippen molar-refractivity contribution in [2.45, 2.75) is 6.92 Å². The van der Waals surface area contributed by atoms with Crippen LogP contribution < -0.4 is 14.8 Å². The number of hydrogen-bond donors (Lipinski definition) is 1. The molecule has 7 heteroatoms. The van der Waals surface area contributed by atoms with E-state index in [1.165, 1.54) is 25.6 Å². The van der Waals surface area contributed by atoms with Crippen LogP contribution in [0.25, 0.3) is 10.1 Å². The molecule has 27 heavy (non-hydrogen) atoms. The summed E-state index contributed by atoms with van der Waals surface area (Å²) in [6.45, 7) is 2.10. The van der Waals surface area contributed by atoms with Gasteiger partial charge in [-0.15, -0.1) is 11.3 Å². The number of fused-ring (bicyclic) bond motifs is 1. The van der Waals surface area contributed by atoms with E-state index in [2.05, 4.69) is 5.32 Å². The number of carbonyl (C=O) groups excluding carboxylic acids is 2. The van der Waals surface area contributed by atoms with Crippen molar-refractivity contribution >= 4 is 39.0 Å². The molecule has 0 aliphatic heterocycles. The quantitative estimate of drug-likeness (QED) is 0.639. The Morgan fingerprint density at radius 1 is 1.04 bits per heavy atom. The first-order chi connectivity index (χ1) is 13.0. The van der Waals surface area contributed by atoms with Gasteiger partial charge in [-0.2, -0.15) is 0 Å². The topological polar surface area (TPSA) is 73.9 Å². The number of anilines is 1. The van der Waals surface area contributed by atoms with E-state index in [4.69, 9.17) is 14.2 Å². The Hall–Kier alpha value is -3.06. The Kier molecular flexibility index (Phi) is 5.61. The SMILES string of the molecule is CCOC(=O)c1cc2cc(NC(=O)c3cc(OC)ccc3OC)ccc2s1.